The van der Waals surface area contributed by atoms with E-state index in [1.165, 1.54) is 23.9 Å². The van der Waals surface area contributed by atoms with Gasteiger partial charge in [-0.15, -0.1) is 0 Å². The molecular weight excluding hydrogens is 327 g/mol. The first kappa shape index (κ1) is 16.4. The van der Waals surface area contributed by atoms with E-state index in [9.17, 15) is 14.7 Å². The second kappa shape index (κ2) is 6.85. The molecule has 1 amide bonds. The van der Waals surface area contributed by atoms with Crippen molar-refractivity contribution >= 4 is 29.1 Å². The minimum absolute atomic E-state index is 0.0506. The van der Waals surface area contributed by atoms with Gasteiger partial charge < -0.3 is 15.0 Å². The SMILES string of the molecule is Cn1ccc(C(=O)NCCc2ccc(Cl)cc2Cl)c(O)c1=O. The topological polar surface area (TPSA) is 71.3 Å². The van der Waals surface area contributed by atoms with E-state index in [0.717, 1.165) is 5.56 Å². The average molecular weight is 341 g/mol. The molecule has 0 aliphatic heterocycles. The molecule has 0 unspecified atom stereocenters. The number of carbonyl (C=O) groups excluding carboxylic acids is 1. The van der Waals surface area contributed by atoms with E-state index >= 15 is 0 Å². The van der Waals surface area contributed by atoms with Gasteiger partial charge in [0.1, 0.15) is 0 Å². The van der Waals surface area contributed by atoms with Crippen molar-refractivity contribution in [3.8, 4) is 5.75 Å². The molecule has 0 aliphatic carbocycles. The molecule has 1 heterocycles. The van der Waals surface area contributed by atoms with E-state index in [2.05, 4.69) is 5.32 Å². The Morgan fingerprint density at radius 1 is 1.32 bits per heavy atom. The van der Waals surface area contributed by atoms with E-state index in [0.29, 0.717) is 23.0 Å². The van der Waals surface area contributed by atoms with Crippen LogP contribution in [0.1, 0.15) is 15.9 Å². The van der Waals surface area contributed by atoms with Crippen LogP contribution in [0.5, 0.6) is 5.75 Å². The molecular formula is C15H14Cl2N2O3. The molecule has 22 heavy (non-hydrogen) atoms. The first-order valence-corrected chi connectivity index (χ1v) is 7.26. The molecule has 2 N–H and O–H groups in total. The third-order valence-corrected chi connectivity index (χ3v) is 3.77. The number of hydrogen-bond donors (Lipinski definition) is 2. The zero-order valence-electron chi connectivity index (χ0n) is 11.8. The number of pyridine rings is 1. The summed E-state index contributed by atoms with van der Waals surface area (Å²) < 4.78 is 1.19. The van der Waals surface area contributed by atoms with Gasteiger partial charge in [0.2, 0.25) is 0 Å². The van der Waals surface area contributed by atoms with Crippen LogP contribution in [-0.4, -0.2) is 22.1 Å². The number of nitrogens with one attached hydrogen (secondary N) is 1. The summed E-state index contributed by atoms with van der Waals surface area (Å²) in [6, 6.07) is 6.53. The number of halogens is 2. The highest BCUT2D eigenvalue weighted by Crippen LogP contribution is 2.21. The van der Waals surface area contributed by atoms with Crippen molar-refractivity contribution in [2.24, 2.45) is 7.05 Å². The van der Waals surface area contributed by atoms with Gasteiger partial charge in [-0.3, -0.25) is 9.59 Å². The Morgan fingerprint density at radius 3 is 2.73 bits per heavy atom. The van der Waals surface area contributed by atoms with Crippen LogP contribution in [0.25, 0.3) is 0 Å². The van der Waals surface area contributed by atoms with Crippen molar-refractivity contribution in [3.05, 3.63) is 62.0 Å². The lowest BCUT2D eigenvalue weighted by atomic mass is 10.1. The predicted molar refractivity (Wildman–Crippen MR) is 85.8 cm³/mol. The van der Waals surface area contributed by atoms with Crippen LogP contribution in [0.4, 0.5) is 0 Å². The second-order valence-corrected chi connectivity index (χ2v) is 5.58. The lowest BCUT2D eigenvalue weighted by Crippen LogP contribution is -2.28. The lowest BCUT2D eigenvalue weighted by molar-refractivity contribution is 0.0951. The fourth-order valence-corrected chi connectivity index (χ4v) is 2.43. The molecule has 1 aromatic heterocycles. The molecule has 0 radical (unpaired) electrons. The van der Waals surface area contributed by atoms with Crippen molar-refractivity contribution in [2.75, 3.05) is 6.54 Å². The van der Waals surface area contributed by atoms with Gasteiger partial charge in [-0.25, -0.2) is 0 Å². The number of rotatable bonds is 4. The average Bonchev–Trinajstić information content (AvgIpc) is 2.47. The van der Waals surface area contributed by atoms with Gasteiger partial charge >= 0.3 is 0 Å². The molecule has 1 aromatic carbocycles. The Hall–Kier alpha value is -1.98. The fourth-order valence-electron chi connectivity index (χ4n) is 1.93. The fraction of sp³-hybridized carbons (Fsp3) is 0.200. The van der Waals surface area contributed by atoms with Crippen LogP contribution < -0.4 is 10.9 Å². The van der Waals surface area contributed by atoms with Gasteiger partial charge in [0.25, 0.3) is 11.5 Å². The zero-order valence-corrected chi connectivity index (χ0v) is 13.3. The summed E-state index contributed by atoms with van der Waals surface area (Å²) in [7, 11) is 1.49. The largest absolute Gasteiger partial charge is 0.502 e. The number of aryl methyl sites for hydroxylation is 1. The molecule has 2 aromatic rings. The van der Waals surface area contributed by atoms with E-state index in [1.54, 1.807) is 18.2 Å². The summed E-state index contributed by atoms with van der Waals surface area (Å²) in [5.74, 6) is -1.08. The Bertz CT molecular complexity index is 772. The minimum Gasteiger partial charge on any atom is -0.502 e. The van der Waals surface area contributed by atoms with E-state index in [4.69, 9.17) is 23.2 Å². The van der Waals surface area contributed by atoms with Crippen LogP contribution in [0.3, 0.4) is 0 Å². The van der Waals surface area contributed by atoms with Gasteiger partial charge in [0, 0.05) is 29.8 Å². The number of aromatic nitrogens is 1. The van der Waals surface area contributed by atoms with E-state index < -0.39 is 17.2 Å². The van der Waals surface area contributed by atoms with Crippen molar-refractivity contribution < 1.29 is 9.90 Å². The van der Waals surface area contributed by atoms with Crippen molar-refractivity contribution in [3.63, 3.8) is 0 Å². The molecule has 0 fully saturated rings. The highest BCUT2D eigenvalue weighted by Gasteiger charge is 2.14. The van der Waals surface area contributed by atoms with Crippen LogP contribution in [0, 0.1) is 0 Å². The smallest absolute Gasteiger partial charge is 0.293 e. The Labute approximate surface area is 137 Å². The number of nitrogens with zero attached hydrogens (tertiary/aromatic N) is 1. The third kappa shape index (κ3) is 3.61. The van der Waals surface area contributed by atoms with Gasteiger partial charge in [0.05, 0.1) is 5.56 Å². The first-order chi connectivity index (χ1) is 10.4. The quantitative estimate of drug-likeness (QED) is 0.897. The van der Waals surface area contributed by atoms with Crippen LogP contribution in [0.15, 0.2) is 35.3 Å². The van der Waals surface area contributed by atoms with Crippen molar-refractivity contribution in [1.82, 2.24) is 9.88 Å². The second-order valence-electron chi connectivity index (χ2n) is 4.74. The summed E-state index contributed by atoms with van der Waals surface area (Å²) in [6.45, 7) is 0.314. The highest BCUT2D eigenvalue weighted by molar-refractivity contribution is 6.35. The summed E-state index contributed by atoms with van der Waals surface area (Å²) in [5.41, 5.74) is 0.179. The molecule has 5 nitrogen and oxygen atoms in total. The van der Waals surface area contributed by atoms with Crippen LogP contribution in [0.2, 0.25) is 10.0 Å². The lowest BCUT2D eigenvalue weighted by Gasteiger charge is -2.08. The van der Waals surface area contributed by atoms with Gasteiger partial charge in [0.15, 0.2) is 5.75 Å². The summed E-state index contributed by atoms with van der Waals surface area (Å²) in [5, 5.41) is 13.4. The molecule has 0 saturated heterocycles. The van der Waals surface area contributed by atoms with Gasteiger partial charge in [-0.05, 0) is 30.2 Å². The number of amides is 1. The van der Waals surface area contributed by atoms with Gasteiger partial charge in [-0.2, -0.15) is 0 Å². The van der Waals surface area contributed by atoms with E-state index in [1.807, 2.05) is 0 Å². The van der Waals surface area contributed by atoms with Crippen LogP contribution in [-0.2, 0) is 13.5 Å². The maximum absolute atomic E-state index is 12.0. The van der Waals surface area contributed by atoms with Crippen molar-refractivity contribution in [2.45, 2.75) is 6.42 Å². The molecule has 2 rings (SSSR count). The summed E-state index contributed by atoms with van der Waals surface area (Å²) in [4.78, 5) is 23.6. The normalized spacial score (nSPS) is 10.5. The Morgan fingerprint density at radius 2 is 2.05 bits per heavy atom. The zero-order chi connectivity index (χ0) is 16.3. The van der Waals surface area contributed by atoms with E-state index in [-0.39, 0.29) is 5.56 Å². The minimum atomic E-state index is -0.617. The third-order valence-electron chi connectivity index (χ3n) is 3.18. The molecule has 0 atom stereocenters. The summed E-state index contributed by atoms with van der Waals surface area (Å²) in [6.07, 6.45) is 1.93. The Balaban J connectivity index is 2.02. The van der Waals surface area contributed by atoms with Crippen molar-refractivity contribution in [1.29, 1.82) is 0 Å². The number of carbonyl (C=O) groups is 1. The number of hydrogen-bond acceptors (Lipinski definition) is 3. The molecule has 7 heteroatoms. The molecule has 0 bridgehead atoms. The highest BCUT2D eigenvalue weighted by atomic mass is 35.5. The maximum Gasteiger partial charge on any atom is 0.293 e. The number of benzene rings is 1. The standard InChI is InChI=1S/C15H14Cl2N2O3/c1-19-7-5-11(13(20)15(19)22)14(21)18-6-4-9-2-3-10(16)8-12(9)17/h2-3,5,7-8,20H,4,6H2,1H3,(H,18,21). The van der Waals surface area contributed by atoms with Crippen LogP contribution >= 0.6 is 23.2 Å². The monoisotopic (exact) mass is 340 g/mol. The first-order valence-electron chi connectivity index (χ1n) is 6.51. The summed E-state index contributed by atoms with van der Waals surface area (Å²) >= 11 is 11.9. The predicted octanol–water partition coefficient (Wildman–Crippen LogP) is 2.37. The molecule has 0 spiro atoms. The maximum atomic E-state index is 12.0. The van der Waals surface area contributed by atoms with Gasteiger partial charge in [-0.1, -0.05) is 29.3 Å². The molecule has 116 valence electrons. The molecule has 0 aliphatic rings. The Kier molecular flexibility index (Phi) is 5.11. The molecule has 0 saturated carbocycles. The number of aromatic hydroxyl groups is 1.